The zero-order valence-electron chi connectivity index (χ0n) is 20.4. The summed E-state index contributed by atoms with van der Waals surface area (Å²) in [6, 6.07) is 17.1. The Hall–Kier alpha value is -2.29. The first-order valence-corrected chi connectivity index (χ1v) is 12.3. The highest BCUT2D eigenvalue weighted by Gasteiger charge is 2.29. The fourth-order valence-electron chi connectivity index (χ4n) is 4.81. The van der Waals surface area contributed by atoms with Gasteiger partial charge in [-0.25, -0.2) is 4.99 Å². The Bertz CT molecular complexity index is 965. The molecular weight excluding hydrogens is 537 g/mol. The van der Waals surface area contributed by atoms with Crippen LogP contribution in [-0.4, -0.2) is 56.5 Å². The molecular formula is C27H38IN5O. The van der Waals surface area contributed by atoms with Gasteiger partial charge in [0.25, 0.3) is 0 Å². The van der Waals surface area contributed by atoms with Crippen molar-refractivity contribution >= 4 is 41.5 Å². The van der Waals surface area contributed by atoms with Gasteiger partial charge in [0.2, 0.25) is 5.91 Å². The first kappa shape index (κ1) is 26.3. The maximum atomic E-state index is 12.5. The van der Waals surface area contributed by atoms with E-state index < -0.39 is 0 Å². The number of hydrogen-bond donors (Lipinski definition) is 2. The third kappa shape index (κ3) is 7.10. The number of aliphatic imine (C=N–C) groups is 1. The lowest BCUT2D eigenvalue weighted by atomic mass is 10.00. The quantitative estimate of drug-likeness (QED) is 0.286. The first-order valence-electron chi connectivity index (χ1n) is 12.3. The van der Waals surface area contributed by atoms with Crippen LogP contribution in [0.15, 0.2) is 53.5 Å². The molecule has 0 bridgehead atoms. The number of rotatable bonds is 8. The van der Waals surface area contributed by atoms with Crippen LogP contribution in [0, 0.1) is 5.92 Å². The lowest BCUT2D eigenvalue weighted by Gasteiger charge is -2.27. The Morgan fingerprint density at radius 1 is 1.12 bits per heavy atom. The number of fused-ring (bicyclic) bond motifs is 1. The Morgan fingerprint density at radius 2 is 1.94 bits per heavy atom. The molecule has 2 aromatic carbocycles. The molecule has 184 valence electrons. The van der Waals surface area contributed by atoms with Gasteiger partial charge in [-0.1, -0.05) is 42.5 Å². The Labute approximate surface area is 221 Å². The lowest BCUT2D eigenvalue weighted by molar-refractivity contribution is -0.127. The third-order valence-electron chi connectivity index (χ3n) is 6.62. The SMILES string of the molecule is CCNC(=NCc1ccc2c(c1)CCCN2C)NCC1CC(=O)N(CCc2ccccc2)C1.I. The minimum Gasteiger partial charge on any atom is -0.374 e. The standard InChI is InChI=1S/C27H37N5O.HI/c1-3-28-27(29-18-22-11-12-25-24(16-22)10-7-14-31(25)2)30-19-23-17-26(33)32(20-23)15-13-21-8-5-4-6-9-21;/h4-6,8-9,11-12,16,23H,3,7,10,13-15,17-20H2,1-2H3,(H2,28,29,30);1H. The van der Waals surface area contributed by atoms with Gasteiger partial charge in [0.15, 0.2) is 5.96 Å². The van der Waals surface area contributed by atoms with Crippen LogP contribution in [0.25, 0.3) is 0 Å². The summed E-state index contributed by atoms with van der Waals surface area (Å²) in [5, 5.41) is 6.82. The average molecular weight is 576 g/mol. The van der Waals surface area contributed by atoms with E-state index in [0.29, 0.717) is 18.9 Å². The van der Waals surface area contributed by atoms with Crippen molar-refractivity contribution in [3.8, 4) is 0 Å². The number of carbonyl (C=O) groups excluding carboxylic acids is 1. The Morgan fingerprint density at radius 3 is 2.74 bits per heavy atom. The molecule has 0 aliphatic carbocycles. The largest absolute Gasteiger partial charge is 0.374 e. The molecule has 2 aromatic rings. The molecule has 34 heavy (non-hydrogen) atoms. The Kier molecular flexibility index (Phi) is 10.0. The molecule has 1 amide bonds. The average Bonchev–Trinajstić information content (AvgIpc) is 3.19. The molecule has 2 aliphatic rings. The van der Waals surface area contributed by atoms with Gasteiger partial charge in [-0.05, 0) is 48.9 Å². The summed E-state index contributed by atoms with van der Waals surface area (Å²) in [7, 11) is 2.17. The first-order chi connectivity index (χ1) is 16.1. The topological polar surface area (TPSA) is 60.0 Å². The van der Waals surface area contributed by atoms with Crippen LogP contribution >= 0.6 is 24.0 Å². The molecule has 1 atom stereocenters. The van der Waals surface area contributed by atoms with Crippen LogP contribution in [0.3, 0.4) is 0 Å². The summed E-state index contributed by atoms with van der Waals surface area (Å²) in [5.74, 6) is 1.40. The summed E-state index contributed by atoms with van der Waals surface area (Å²) >= 11 is 0. The molecule has 7 heteroatoms. The molecule has 0 saturated carbocycles. The molecule has 0 spiro atoms. The molecule has 0 aromatic heterocycles. The van der Waals surface area contributed by atoms with Crippen molar-refractivity contribution in [2.45, 2.75) is 39.2 Å². The molecule has 2 heterocycles. The van der Waals surface area contributed by atoms with E-state index in [-0.39, 0.29) is 29.9 Å². The normalized spacial score (nSPS) is 17.9. The predicted octanol–water partition coefficient (Wildman–Crippen LogP) is 3.83. The minimum atomic E-state index is 0. The van der Waals surface area contributed by atoms with Crippen LogP contribution in [0.4, 0.5) is 5.69 Å². The summed E-state index contributed by atoms with van der Waals surface area (Å²) in [6.07, 6.45) is 3.88. The number of hydrogen-bond acceptors (Lipinski definition) is 3. The van der Waals surface area contributed by atoms with Crippen molar-refractivity contribution in [1.29, 1.82) is 0 Å². The third-order valence-corrected chi connectivity index (χ3v) is 6.62. The van der Waals surface area contributed by atoms with E-state index in [4.69, 9.17) is 4.99 Å². The zero-order chi connectivity index (χ0) is 23.0. The number of nitrogens with one attached hydrogen (secondary N) is 2. The highest BCUT2D eigenvalue weighted by molar-refractivity contribution is 14.0. The van der Waals surface area contributed by atoms with Gasteiger partial charge in [-0.3, -0.25) is 4.79 Å². The maximum Gasteiger partial charge on any atom is 0.223 e. The number of benzene rings is 2. The summed E-state index contributed by atoms with van der Waals surface area (Å²) < 4.78 is 0. The van der Waals surface area contributed by atoms with Crippen molar-refractivity contribution in [3.05, 3.63) is 65.2 Å². The van der Waals surface area contributed by atoms with Crippen molar-refractivity contribution in [2.75, 3.05) is 44.7 Å². The van der Waals surface area contributed by atoms with Gasteiger partial charge in [0.1, 0.15) is 0 Å². The molecule has 0 radical (unpaired) electrons. The highest BCUT2D eigenvalue weighted by atomic mass is 127. The number of aryl methyl sites for hydroxylation is 1. The van der Waals surface area contributed by atoms with E-state index in [1.54, 1.807) is 0 Å². The highest BCUT2D eigenvalue weighted by Crippen LogP contribution is 2.27. The number of likely N-dealkylation sites (tertiary alicyclic amines) is 1. The van der Waals surface area contributed by atoms with Gasteiger partial charge < -0.3 is 20.4 Å². The second kappa shape index (κ2) is 13.0. The van der Waals surface area contributed by atoms with Gasteiger partial charge in [-0.15, -0.1) is 24.0 Å². The smallest absolute Gasteiger partial charge is 0.223 e. The summed E-state index contributed by atoms with van der Waals surface area (Å²) in [4.78, 5) is 21.6. The molecule has 1 fully saturated rings. The van der Waals surface area contributed by atoms with Crippen LogP contribution in [-0.2, 0) is 24.2 Å². The molecule has 2 N–H and O–H groups in total. The van der Waals surface area contributed by atoms with Gasteiger partial charge >= 0.3 is 0 Å². The van der Waals surface area contributed by atoms with Crippen molar-refractivity contribution in [1.82, 2.24) is 15.5 Å². The van der Waals surface area contributed by atoms with Crippen molar-refractivity contribution in [3.63, 3.8) is 0 Å². The van der Waals surface area contributed by atoms with Crippen LogP contribution in [0.5, 0.6) is 0 Å². The van der Waals surface area contributed by atoms with E-state index >= 15 is 0 Å². The second-order valence-corrected chi connectivity index (χ2v) is 9.21. The predicted molar refractivity (Wildman–Crippen MR) is 151 cm³/mol. The molecule has 2 aliphatic heterocycles. The molecule has 1 saturated heterocycles. The van der Waals surface area contributed by atoms with Crippen LogP contribution < -0.4 is 15.5 Å². The Balaban J connectivity index is 0.00000324. The number of halogens is 1. The maximum absolute atomic E-state index is 12.5. The fourth-order valence-corrected chi connectivity index (χ4v) is 4.81. The van der Waals surface area contributed by atoms with Crippen molar-refractivity contribution in [2.24, 2.45) is 10.9 Å². The van der Waals surface area contributed by atoms with Gasteiger partial charge in [0.05, 0.1) is 6.54 Å². The second-order valence-electron chi connectivity index (χ2n) is 9.21. The number of nitrogens with zero attached hydrogens (tertiary/aromatic N) is 3. The van der Waals surface area contributed by atoms with Crippen molar-refractivity contribution < 1.29 is 4.79 Å². The minimum absolute atomic E-state index is 0. The monoisotopic (exact) mass is 575 g/mol. The van der Waals surface area contributed by atoms with Gasteiger partial charge in [-0.2, -0.15) is 0 Å². The number of guanidine groups is 1. The number of carbonyl (C=O) groups is 1. The number of amides is 1. The van der Waals surface area contributed by atoms with E-state index in [1.165, 1.54) is 28.8 Å². The number of anilines is 1. The van der Waals surface area contributed by atoms with Crippen LogP contribution in [0.2, 0.25) is 0 Å². The van der Waals surface area contributed by atoms with E-state index in [0.717, 1.165) is 51.5 Å². The lowest BCUT2D eigenvalue weighted by Crippen LogP contribution is -2.40. The summed E-state index contributed by atoms with van der Waals surface area (Å²) in [6.45, 7) is 7.04. The fraction of sp³-hybridized carbons (Fsp3) is 0.481. The molecule has 6 nitrogen and oxygen atoms in total. The zero-order valence-corrected chi connectivity index (χ0v) is 22.8. The van der Waals surface area contributed by atoms with E-state index in [2.05, 4.69) is 72.0 Å². The van der Waals surface area contributed by atoms with E-state index in [9.17, 15) is 4.79 Å². The summed E-state index contributed by atoms with van der Waals surface area (Å²) in [5.41, 5.74) is 5.29. The van der Waals surface area contributed by atoms with E-state index in [1.807, 2.05) is 11.0 Å². The van der Waals surface area contributed by atoms with Gasteiger partial charge in [0, 0.05) is 57.8 Å². The molecule has 4 rings (SSSR count). The van der Waals surface area contributed by atoms with Crippen LogP contribution in [0.1, 0.15) is 36.5 Å². The molecule has 1 unspecified atom stereocenters.